The average Bonchev–Trinajstić information content (AvgIpc) is 3.48. The summed E-state index contributed by atoms with van der Waals surface area (Å²) in [7, 11) is 0. The van der Waals surface area contributed by atoms with Crippen LogP contribution in [0.25, 0.3) is 21.8 Å². The van der Waals surface area contributed by atoms with Crippen molar-refractivity contribution in [3.05, 3.63) is 72.1 Å². The number of hydrogen-bond donors (Lipinski definition) is 0. The third-order valence-corrected chi connectivity index (χ3v) is 7.63. The second-order valence-electron chi connectivity index (χ2n) is 13.2. The van der Waals surface area contributed by atoms with Gasteiger partial charge >= 0.3 is 12.2 Å². The van der Waals surface area contributed by atoms with Crippen molar-refractivity contribution in [2.45, 2.75) is 65.6 Å². The van der Waals surface area contributed by atoms with Gasteiger partial charge in [0.05, 0.1) is 11.0 Å². The van der Waals surface area contributed by atoms with Gasteiger partial charge in [-0.15, -0.1) is 0 Å². The van der Waals surface area contributed by atoms with E-state index in [9.17, 15) is 9.59 Å². The highest BCUT2D eigenvalue weighted by Gasteiger charge is 2.23. The summed E-state index contributed by atoms with van der Waals surface area (Å²) < 4.78 is 14.6. The molecule has 4 aromatic rings. The third-order valence-electron chi connectivity index (χ3n) is 7.63. The van der Waals surface area contributed by atoms with Crippen LogP contribution >= 0.6 is 0 Å². The van der Waals surface area contributed by atoms with E-state index in [-0.39, 0.29) is 12.2 Å². The molecule has 0 unspecified atom stereocenters. The molecule has 1 aliphatic rings. The van der Waals surface area contributed by atoms with E-state index in [1.165, 1.54) is 11.1 Å². The zero-order valence-electron chi connectivity index (χ0n) is 25.9. The Bertz CT molecular complexity index is 1440. The average molecular weight is 573 g/mol. The second-order valence-corrected chi connectivity index (χ2v) is 13.2. The Balaban J connectivity index is 1.17. The van der Waals surface area contributed by atoms with Gasteiger partial charge in [-0.25, -0.2) is 9.59 Å². The first-order valence-corrected chi connectivity index (χ1v) is 15.0. The van der Waals surface area contributed by atoms with Crippen LogP contribution in [-0.4, -0.2) is 81.6 Å². The smallest absolute Gasteiger partial charge is 0.419 e. The summed E-state index contributed by atoms with van der Waals surface area (Å²) in [5.41, 5.74) is 3.02. The lowest BCUT2D eigenvalue weighted by atomic mass is 10.1. The lowest BCUT2D eigenvalue weighted by molar-refractivity contribution is 0.0532. The van der Waals surface area contributed by atoms with E-state index in [1.807, 2.05) is 90.3 Å². The standard InChI is InChI=1S/C34H44N4O4/c1-33(2,3)41-31(39)37-23-25(27-11-7-9-13-29(27)37)15-17-35-19-21-36(22-20-35)18-16-26-24-38(32(40)42-34(4,5)6)30-14-10-8-12-28(26)30/h7-14,23-24H,15-22H2,1-6H3. The van der Waals surface area contributed by atoms with Crippen LogP contribution in [0.3, 0.4) is 0 Å². The SMILES string of the molecule is CC(C)(C)OC(=O)n1cc(CCN2CCN(CCc3cn(C(=O)OC(C)(C)C)c4ccccc34)CC2)c2ccccc21. The van der Waals surface area contributed by atoms with Crippen molar-refractivity contribution in [3.8, 4) is 0 Å². The monoisotopic (exact) mass is 572 g/mol. The summed E-state index contributed by atoms with van der Waals surface area (Å²) in [5.74, 6) is 0. The predicted molar refractivity (Wildman–Crippen MR) is 167 cm³/mol. The minimum absolute atomic E-state index is 0.340. The number of para-hydroxylation sites is 2. The topological polar surface area (TPSA) is 68.9 Å². The quantitative estimate of drug-likeness (QED) is 0.261. The number of piperazine rings is 1. The van der Waals surface area contributed by atoms with Gasteiger partial charge in [0.1, 0.15) is 11.2 Å². The van der Waals surface area contributed by atoms with E-state index >= 15 is 0 Å². The van der Waals surface area contributed by atoms with Crippen LogP contribution < -0.4 is 0 Å². The molecule has 0 saturated carbocycles. The number of carbonyl (C=O) groups excluding carboxylic acids is 2. The van der Waals surface area contributed by atoms with Crippen molar-refractivity contribution in [1.82, 2.24) is 18.9 Å². The van der Waals surface area contributed by atoms with E-state index in [2.05, 4.69) is 21.9 Å². The Kier molecular flexibility index (Phi) is 8.49. The summed E-state index contributed by atoms with van der Waals surface area (Å²) in [5, 5.41) is 2.21. The zero-order valence-corrected chi connectivity index (χ0v) is 25.9. The largest absolute Gasteiger partial charge is 0.443 e. The van der Waals surface area contributed by atoms with Gasteiger partial charge in [-0.1, -0.05) is 36.4 Å². The first kappa shape index (κ1) is 29.9. The Morgan fingerprint density at radius 3 is 1.33 bits per heavy atom. The van der Waals surface area contributed by atoms with Crippen molar-refractivity contribution in [2.75, 3.05) is 39.3 Å². The Labute approximate surface area is 248 Å². The first-order chi connectivity index (χ1) is 19.9. The van der Waals surface area contributed by atoms with Crippen LogP contribution in [0.5, 0.6) is 0 Å². The van der Waals surface area contributed by atoms with Gasteiger partial charge in [-0.2, -0.15) is 0 Å². The van der Waals surface area contributed by atoms with Crippen molar-refractivity contribution in [2.24, 2.45) is 0 Å². The van der Waals surface area contributed by atoms with Gasteiger partial charge < -0.3 is 19.3 Å². The van der Waals surface area contributed by atoms with Crippen LogP contribution in [0.2, 0.25) is 0 Å². The van der Waals surface area contributed by atoms with Gasteiger partial charge in [-0.3, -0.25) is 9.13 Å². The molecule has 0 spiro atoms. The molecule has 1 fully saturated rings. The van der Waals surface area contributed by atoms with E-state index in [1.54, 1.807) is 9.13 Å². The molecule has 42 heavy (non-hydrogen) atoms. The number of nitrogens with zero attached hydrogens (tertiary/aromatic N) is 4. The summed E-state index contributed by atoms with van der Waals surface area (Å²) in [4.78, 5) is 30.7. The number of fused-ring (bicyclic) bond motifs is 2. The van der Waals surface area contributed by atoms with Crippen LogP contribution in [0.15, 0.2) is 60.9 Å². The molecular weight excluding hydrogens is 528 g/mol. The molecule has 224 valence electrons. The van der Waals surface area contributed by atoms with Crippen molar-refractivity contribution >= 4 is 34.0 Å². The van der Waals surface area contributed by atoms with E-state index in [0.29, 0.717) is 0 Å². The number of rotatable bonds is 6. The number of ether oxygens (including phenoxy) is 2. The summed E-state index contributed by atoms with van der Waals surface area (Å²) in [6, 6.07) is 16.1. The summed E-state index contributed by atoms with van der Waals surface area (Å²) in [6.07, 6.45) is 4.97. The highest BCUT2D eigenvalue weighted by Crippen LogP contribution is 2.25. The van der Waals surface area contributed by atoms with Gasteiger partial charge in [0.25, 0.3) is 0 Å². The number of carbonyl (C=O) groups is 2. The van der Waals surface area contributed by atoms with Gasteiger partial charge in [0.2, 0.25) is 0 Å². The van der Waals surface area contributed by atoms with E-state index < -0.39 is 11.2 Å². The second kappa shape index (κ2) is 11.9. The maximum Gasteiger partial charge on any atom is 0.419 e. The zero-order chi connectivity index (χ0) is 30.1. The van der Waals surface area contributed by atoms with Crippen molar-refractivity contribution in [3.63, 3.8) is 0 Å². The van der Waals surface area contributed by atoms with Gasteiger partial charge in [-0.05, 0) is 77.6 Å². The highest BCUT2D eigenvalue weighted by molar-refractivity contribution is 5.93. The maximum atomic E-state index is 12.9. The Morgan fingerprint density at radius 1 is 0.619 bits per heavy atom. The molecule has 0 amide bonds. The maximum absolute atomic E-state index is 12.9. The fourth-order valence-corrected chi connectivity index (χ4v) is 5.62. The fourth-order valence-electron chi connectivity index (χ4n) is 5.62. The molecule has 0 radical (unpaired) electrons. The molecule has 2 aromatic carbocycles. The molecule has 0 aliphatic carbocycles. The molecule has 8 nitrogen and oxygen atoms in total. The minimum Gasteiger partial charge on any atom is -0.443 e. The molecule has 0 bridgehead atoms. The first-order valence-electron chi connectivity index (χ1n) is 15.0. The highest BCUT2D eigenvalue weighted by atomic mass is 16.6. The van der Waals surface area contributed by atoms with E-state index in [0.717, 1.165) is 73.9 Å². The van der Waals surface area contributed by atoms with Crippen molar-refractivity contribution in [1.29, 1.82) is 0 Å². The molecule has 0 atom stereocenters. The van der Waals surface area contributed by atoms with E-state index in [4.69, 9.17) is 9.47 Å². The number of benzene rings is 2. The predicted octanol–water partition coefficient (Wildman–Crippen LogP) is 6.57. The number of aromatic nitrogens is 2. The van der Waals surface area contributed by atoms with Crippen LogP contribution in [0, 0.1) is 0 Å². The Morgan fingerprint density at radius 2 is 0.976 bits per heavy atom. The molecule has 2 aromatic heterocycles. The molecule has 5 rings (SSSR count). The fraction of sp³-hybridized carbons (Fsp3) is 0.471. The summed E-state index contributed by atoms with van der Waals surface area (Å²) in [6.45, 7) is 17.2. The minimum atomic E-state index is -0.544. The van der Waals surface area contributed by atoms with Crippen LogP contribution in [0.4, 0.5) is 9.59 Å². The lowest BCUT2D eigenvalue weighted by Gasteiger charge is -2.34. The van der Waals surface area contributed by atoms with Gasteiger partial charge in [0.15, 0.2) is 0 Å². The van der Waals surface area contributed by atoms with Crippen LogP contribution in [-0.2, 0) is 22.3 Å². The Hall–Kier alpha value is -3.62. The molecular formula is C34H44N4O4. The third kappa shape index (κ3) is 7.05. The molecule has 8 heteroatoms. The van der Waals surface area contributed by atoms with Gasteiger partial charge in [0, 0.05) is 62.4 Å². The molecule has 1 aliphatic heterocycles. The number of hydrogen-bond acceptors (Lipinski definition) is 6. The molecule has 3 heterocycles. The van der Waals surface area contributed by atoms with Crippen LogP contribution in [0.1, 0.15) is 52.7 Å². The summed E-state index contributed by atoms with van der Waals surface area (Å²) >= 11 is 0. The lowest BCUT2D eigenvalue weighted by Crippen LogP contribution is -2.47. The molecule has 1 saturated heterocycles. The molecule has 0 N–H and O–H groups in total. The normalized spacial score (nSPS) is 15.4. The van der Waals surface area contributed by atoms with Crippen molar-refractivity contribution < 1.29 is 19.1 Å².